The number of hydrogen-bond donors (Lipinski definition) is 1. The van der Waals surface area contributed by atoms with Crippen LogP contribution in [0.25, 0.3) is 0 Å². The van der Waals surface area contributed by atoms with Crippen molar-refractivity contribution in [3.05, 3.63) is 23.9 Å². The lowest BCUT2D eigenvalue weighted by atomic mass is 9.90. The maximum atomic E-state index is 6.00. The van der Waals surface area contributed by atoms with Crippen LogP contribution >= 0.6 is 11.6 Å². The minimum Gasteiger partial charge on any atom is -0.363 e. The maximum Gasteiger partial charge on any atom is 0.126 e. The highest BCUT2D eigenvalue weighted by molar-refractivity contribution is 6.18. The molecular weight excluding hydrogens is 208 g/mol. The summed E-state index contributed by atoms with van der Waals surface area (Å²) in [6.07, 6.45) is 0. The normalized spacial score (nSPS) is 15.1. The van der Waals surface area contributed by atoms with E-state index in [0.717, 1.165) is 11.5 Å². The molecule has 84 valence electrons. The average molecular weight is 227 g/mol. The van der Waals surface area contributed by atoms with Crippen LogP contribution in [0.15, 0.2) is 18.2 Å². The summed E-state index contributed by atoms with van der Waals surface area (Å²) >= 11 is 6.00. The standard InChI is InChI=1S/C12H19ClN2/c1-9(2)12(4,8-13)15-11-7-5-6-10(3)14-11/h5-7,9H,8H2,1-4H3,(H,14,15). The molecule has 0 amide bonds. The van der Waals surface area contributed by atoms with E-state index < -0.39 is 0 Å². The molecule has 0 aliphatic carbocycles. The molecule has 0 bridgehead atoms. The third-order valence-corrected chi connectivity index (χ3v) is 3.41. The van der Waals surface area contributed by atoms with Crippen LogP contribution in [0.1, 0.15) is 26.5 Å². The van der Waals surface area contributed by atoms with Crippen LogP contribution in [-0.4, -0.2) is 16.4 Å². The predicted octanol–water partition coefficient (Wildman–Crippen LogP) is 3.46. The molecule has 0 aliphatic rings. The Balaban J connectivity index is 2.84. The number of pyridine rings is 1. The summed E-state index contributed by atoms with van der Waals surface area (Å²) < 4.78 is 0. The number of alkyl halides is 1. The molecule has 1 aromatic rings. The molecular formula is C12H19ClN2. The Morgan fingerprint density at radius 1 is 1.47 bits per heavy atom. The highest BCUT2D eigenvalue weighted by atomic mass is 35.5. The summed E-state index contributed by atoms with van der Waals surface area (Å²) in [6, 6.07) is 5.96. The zero-order valence-corrected chi connectivity index (χ0v) is 10.6. The molecule has 1 N–H and O–H groups in total. The molecule has 15 heavy (non-hydrogen) atoms. The van der Waals surface area contributed by atoms with Crippen molar-refractivity contribution in [2.45, 2.75) is 33.2 Å². The SMILES string of the molecule is Cc1cccc(NC(C)(CCl)C(C)C)n1. The number of aryl methyl sites for hydroxylation is 1. The van der Waals surface area contributed by atoms with E-state index >= 15 is 0 Å². The van der Waals surface area contributed by atoms with Gasteiger partial charge in [0.25, 0.3) is 0 Å². The van der Waals surface area contributed by atoms with Gasteiger partial charge < -0.3 is 5.32 Å². The predicted molar refractivity (Wildman–Crippen MR) is 66.6 cm³/mol. The smallest absolute Gasteiger partial charge is 0.126 e. The second-order valence-corrected chi connectivity index (χ2v) is 4.76. The Morgan fingerprint density at radius 2 is 2.13 bits per heavy atom. The minimum absolute atomic E-state index is 0.109. The highest BCUT2D eigenvalue weighted by Crippen LogP contribution is 2.23. The van der Waals surface area contributed by atoms with Crippen LogP contribution in [0, 0.1) is 12.8 Å². The summed E-state index contributed by atoms with van der Waals surface area (Å²) in [5, 5.41) is 3.40. The van der Waals surface area contributed by atoms with Gasteiger partial charge in [-0.15, -0.1) is 11.6 Å². The van der Waals surface area contributed by atoms with Crippen LogP contribution < -0.4 is 5.32 Å². The molecule has 3 heteroatoms. The highest BCUT2D eigenvalue weighted by Gasteiger charge is 2.27. The Bertz CT molecular complexity index is 325. The van der Waals surface area contributed by atoms with Crippen molar-refractivity contribution in [3.8, 4) is 0 Å². The Labute approximate surface area is 97.1 Å². The van der Waals surface area contributed by atoms with Crippen molar-refractivity contribution < 1.29 is 0 Å². The first-order chi connectivity index (χ1) is 6.98. The number of anilines is 1. The van der Waals surface area contributed by atoms with Crippen molar-refractivity contribution in [3.63, 3.8) is 0 Å². The molecule has 0 aliphatic heterocycles. The fourth-order valence-electron chi connectivity index (χ4n) is 1.24. The van der Waals surface area contributed by atoms with E-state index in [-0.39, 0.29) is 5.54 Å². The number of nitrogens with zero attached hydrogens (tertiary/aromatic N) is 1. The van der Waals surface area contributed by atoms with Crippen LogP contribution in [0.5, 0.6) is 0 Å². The van der Waals surface area contributed by atoms with E-state index in [2.05, 4.69) is 31.1 Å². The van der Waals surface area contributed by atoms with Gasteiger partial charge in [0, 0.05) is 11.6 Å². The monoisotopic (exact) mass is 226 g/mol. The zero-order valence-electron chi connectivity index (χ0n) is 9.84. The van der Waals surface area contributed by atoms with Gasteiger partial charge in [-0.2, -0.15) is 0 Å². The second kappa shape index (κ2) is 4.84. The van der Waals surface area contributed by atoms with Crippen molar-refractivity contribution >= 4 is 17.4 Å². The number of hydrogen-bond acceptors (Lipinski definition) is 2. The lowest BCUT2D eigenvalue weighted by molar-refractivity contribution is 0.411. The first-order valence-electron chi connectivity index (χ1n) is 5.26. The molecule has 0 radical (unpaired) electrons. The molecule has 0 saturated carbocycles. The third kappa shape index (κ3) is 3.10. The van der Waals surface area contributed by atoms with Gasteiger partial charge in [-0.25, -0.2) is 4.98 Å². The minimum atomic E-state index is -0.109. The summed E-state index contributed by atoms with van der Waals surface area (Å²) in [5.74, 6) is 1.92. The maximum absolute atomic E-state index is 6.00. The van der Waals surface area contributed by atoms with E-state index in [0.29, 0.717) is 11.8 Å². The van der Waals surface area contributed by atoms with Crippen LogP contribution in [-0.2, 0) is 0 Å². The third-order valence-electron chi connectivity index (χ3n) is 2.85. The van der Waals surface area contributed by atoms with E-state index in [9.17, 15) is 0 Å². The number of aromatic nitrogens is 1. The quantitative estimate of drug-likeness (QED) is 0.796. The zero-order chi connectivity index (χ0) is 11.5. The molecule has 1 aromatic heterocycles. The molecule has 1 unspecified atom stereocenters. The van der Waals surface area contributed by atoms with Gasteiger partial charge in [0.15, 0.2) is 0 Å². The van der Waals surface area contributed by atoms with Crippen molar-refractivity contribution in [1.82, 2.24) is 4.98 Å². The first kappa shape index (κ1) is 12.3. The molecule has 2 nitrogen and oxygen atoms in total. The van der Waals surface area contributed by atoms with E-state index in [4.69, 9.17) is 11.6 Å². The number of nitrogens with one attached hydrogen (secondary N) is 1. The van der Waals surface area contributed by atoms with Gasteiger partial charge in [-0.05, 0) is 31.9 Å². The van der Waals surface area contributed by atoms with Gasteiger partial charge in [0.05, 0.1) is 5.54 Å². The molecule has 0 fully saturated rings. The fraction of sp³-hybridized carbons (Fsp3) is 0.583. The number of halogens is 1. The molecule has 0 aromatic carbocycles. The second-order valence-electron chi connectivity index (χ2n) is 4.50. The Kier molecular flexibility index (Phi) is 3.97. The van der Waals surface area contributed by atoms with Crippen molar-refractivity contribution in [2.75, 3.05) is 11.2 Å². The summed E-state index contributed by atoms with van der Waals surface area (Å²) in [5.41, 5.74) is 0.906. The van der Waals surface area contributed by atoms with Gasteiger partial charge >= 0.3 is 0 Å². The van der Waals surface area contributed by atoms with Gasteiger partial charge in [0.2, 0.25) is 0 Å². The Morgan fingerprint density at radius 3 is 2.60 bits per heavy atom. The molecule has 1 heterocycles. The Hall–Kier alpha value is -0.760. The largest absolute Gasteiger partial charge is 0.363 e. The summed E-state index contributed by atoms with van der Waals surface area (Å²) in [7, 11) is 0. The van der Waals surface area contributed by atoms with E-state index in [1.165, 1.54) is 0 Å². The first-order valence-corrected chi connectivity index (χ1v) is 5.79. The molecule has 1 atom stereocenters. The van der Waals surface area contributed by atoms with E-state index in [1.807, 2.05) is 25.1 Å². The number of rotatable bonds is 4. The molecule has 1 rings (SSSR count). The van der Waals surface area contributed by atoms with Crippen molar-refractivity contribution in [1.29, 1.82) is 0 Å². The van der Waals surface area contributed by atoms with Crippen molar-refractivity contribution in [2.24, 2.45) is 5.92 Å². The van der Waals surface area contributed by atoms with Crippen LogP contribution in [0.3, 0.4) is 0 Å². The fourth-order valence-corrected chi connectivity index (χ4v) is 1.61. The van der Waals surface area contributed by atoms with Crippen LogP contribution in [0.2, 0.25) is 0 Å². The molecule has 0 saturated heterocycles. The van der Waals surface area contributed by atoms with Crippen LogP contribution in [0.4, 0.5) is 5.82 Å². The summed E-state index contributed by atoms with van der Waals surface area (Å²) in [6.45, 7) is 8.42. The lowest BCUT2D eigenvalue weighted by Crippen LogP contribution is -2.42. The molecule has 0 spiro atoms. The summed E-state index contributed by atoms with van der Waals surface area (Å²) in [4.78, 5) is 4.42. The van der Waals surface area contributed by atoms with Gasteiger partial charge in [-0.3, -0.25) is 0 Å². The van der Waals surface area contributed by atoms with Gasteiger partial charge in [-0.1, -0.05) is 19.9 Å². The van der Waals surface area contributed by atoms with Gasteiger partial charge in [0.1, 0.15) is 5.82 Å². The topological polar surface area (TPSA) is 24.9 Å². The average Bonchev–Trinajstić information content (AvgIpc) is 2.17. The lowest BCUT2D eigenvalue weighted by Gasteiger charge is -2.33. The van der Waals surface area contributed by atoms with E-state index in [1.54, 1.807) is 0 Å².